The van der Waals surface area contributed by atoms with E-state index in [2.05, 4.69) is 4.74 Å². The number of halogens is 10. The average Bonchev–Trinajstić information content (AvgIpc) is 2.16. The van der Waals surface area contributed by atoms with Gasteiger partial charge in [-0.2, -0.15) is 13.2 Å². The first-order chi connectivity index (χ1) is 8.54. The zero-order valence-electron chi connectivity index (χ0n) is 9.43. The van der Waals surface area contributed by atoms with Gasteiger partial charge in [-0.05, 0) is 6.42 Å². The van der Waals surface area contributed by atoms with Crippen molar-refractivity contribution in [1.29, 1.82) is 0 Å². The Morgan fingerprint density at radius 3 is 1.32 bits per heavy atom. The van der Waals surface area contributed by atoms with Gasteiger partial charge in [0.25, 0.3) is 0 Å². The highest BCUT2D eigenvalue weighted by Gasteiger charge is 2.28. The van der Waals surface area contributed by atoms with E-state index < -0.39 is 45.8 Å². The molecule has 0 rings (SSSR count). The van der Waals surface area contributed by atoms with Gasteiger partial charge in [0, 0.05) is 0 Å². The van der Waals surface area contributed by atoms with E-state index in [1.165, 1.54) is 0 Å². The van der Waals surface area contributed by atoms with E-state index in [9.17, 15) is 43.9 Å². The third-order valence-corrected chi connectivity index (χ3v) is 0.922. The van der Waals surface area contributed by atoms with Gasteiger partial charge in [-0.15, -0.1) is 13.2 Å². The van der Waals surface area contributed by atoms with Crippen molar-refractivity contribution in [2.24, 2.45) is 0 Å². The molecule has 0 radical (unpaired) electrons. The van der Waals surface area contributed by atoms with Crippen LogP contribution in [-0.4, -0.2) is 39.4 Å². The van der Waals surface area contributed by atoms with Crippen LogP contribution in [0.3, 0.4) is 0 Å². The molecule has 0 aromatic heterocycles. The molecule has 0 atom stereocenters. The fraction of sp³-hybridized carbons (Fsp3) is 1.00. The zero-order valence-corrected chi connectivity index (χ0v) is 9.43. The maximum atomic E-state index is 11.1. The monoisotopic (exact) mass is 314 g/mol. The second-order valence-corrected chi connectivity index (χ2v) is 2.49. The van der Waals surface area contributed by atoms with Crippen LogP contribution in [0, 0.1) is 0 Å². The summed E-state index contributed by atoms with van der Waals surface area (Å²) in [6.45, 7) is -4.44. The van der Waals surface area contributed by atoms with Crippen molar-refractivity contribution in [3.05, 3.63) is 0 Å². The summed E-state index contributed by atoms with van der Waals surface area (Å²) in [6.07, 6.45) is -10.5. The maximum Gasteiger partial charge on any atom is 0.522 e. The van der Waals surface area contributed by atoms with Gasteiger partial charge in [-0.1, -0.05) is 0 Å². The van der Waals surface area contributed by atoms with Crippen LogP contribution in [-0.2, 0) is 4.74 Å². The fourth-order valence-corrected chi connectivity index (χ4v) is 0.350. The quantitative estimate of drug-likeness (QED) is 0.541. The molecule has 0 N–H and O–H groups in total. The highest BCUT2D eigenvalue weighted by atomic mass is 19.4. The first-order valence-corrected chi connectivity index (χ1v) is 4.55. The minimum absolute atomic E-state index is 0.209. The minimum atomic E-state index is -4.62. The lowest BCUT2D eigenvalue weighted by Crippen LogP contribution is -2.14. The summed E-state index contributed by atoms with van der Waals surface area (Å²) < 4.78 is 110. The predicted molar refractivity (Wildman–Crippen MR) is 46.3 cm³/mol. The predicted octanol–water partition coefficient (Wildman–Crippen LogP) is 4.67. The van der Waals surface area contributed by atoms with Gasteiger partial charge in [-0.3, -0.25) is 13.5 Å². The van der Waals surface area contributed by atoms with Crippen LogP contribution < -0.4 is 0 Å². The van der Waals surface area contributed by atoms with Gasteiger partial charge < -0.3 is 0 Å². The molecule has 0 aliphatic heterocycles. The van der Waals surface area contributed by atoms with Crippen molar-refractivity contribution in [1.82, 2.24) is 0 Å². The van der Waals surface area contributed by atoms with Crippen LogP contribution in [0.1, 0.15) is 12.8 Å². The number of ether oxygens (including phenoxy) is 1. The topological polar surface area (TPSA) is 9.23 Å². The lowest BCUT2D eigenvalue weighted by atomic mass is 10.5. The normalized spacial score (nSPS) is 11.1. The van der Waals surface area contributed by atoms with E-state index in [-0.39, 0.29) is 6.42 Å². The van der Waals surface area contributed by atoms with Crippen molar-refractivity contribution in [2.75, 3.05) is 26.9 Å². The molecule has 0 fully saturated rings. The van der Waals surface area contributed by atoms with Gasteiger partial charge in [0.15, 0.2) is 0 Å². The molecule has 0 bridgehead atoms. The second kappa shape index (κ2) is 13.7. The molecule has 0 amide bonds. The molecule has 0 aliphatic rings. The van der Waals surface area contributed by atoms with Crippen LogP contribution in [0.15, 0.2) is 0 Å². The summed E-state index contributed by atoms with van der Waals surface area (Å²) in [5.41, 5.74) is 0. The maximum absolute atomic E-state index is 11.1. The summed E-state index contributed by atoms with van der Waals surface area (Å²) >= 11 is 0. The lowest BCUT2D eigenvalue weighted by Gasteiger charge is -2.04. The molecule has 11 heteroatoms. The Kier molecular flexibility index (Phi) is 16.8. The number of rotatable bonds is 4. The Balaban J connectivity index is -0.000000228. The van der Waals surface area contributed by atoms with Crippen molar-refractivity contribution in [3.8, 4) is 0 Å². The zero-order chi connectivity index (χ0) is 15.9. The molecule has 120 valence electrons. The van der Waals surface area contributed by atoms with E-state index in [1.54, 1.807) is 0 Å². The van der Waals surface area contributed by atoms with Gasteiger partial charge in [0.05, 0.1) is 26.4 Å². The third kappa shape index (κ3) is 46.9. The van der Waals surface area contributed by atoms with Crippen LogP contribution in [0.4, 0.5) is 43.9 Å². The second-order valence-electron chi connectivity index (χ2n) is 2.49. The summed E-state index contributed by atoms with van der Waals surface area (Å²) in [6, 6.07) is 0. The molecule has 0 aromatic carbocycles. The van der Waals surface area contributed by atoms with Crippen LogP contribution in [0.5, 0.6) is 0 Å². The number of hydrogen-bond acceptors (Lipinski definition) is 1. The van der Waals surface area contributed by atoms with Crippen LogP contribution in [0.2, 0.25) is 0 Å². The molecule has 0 spiro atoms. The Bertz CT molecular complexity index is 166. The highest BCUT2D eigenvalue weighted by Crippen LogP contribution is 2.18. The first kappa shape index (κ1) is 23.4. The van der Waals surface area contributed by atoms with Crippen molar-refractivity contribution >= 4 is 0 Å². The summed E-state index contributed by atoms with van der Waals surface area (Å²) in [4.78, 5) is 0. The Hall–Kier alpha value is -0.740. The first-order valence-electron chi connectivity index (χ1n) is 4.55. The van der Waals surface area contributed by atoms with Gasteiger partial charge in [0.2, 0.25) is 6.93 Å². The number of hydrogen-bond donors (Lipinski definition) is 0. The van der Waals surface area contributed by atoms with E-state index in [1.807, 2.05) is 0 Å². The van der Waals surface area contributed by atoms with Gasteiger partial charge in [0.1, 0.15) is 0 Å². The smallest absolute Gasteiger partial charge is 0.292 e. The molecule has 0 saturated carbocycles. The molecule has 0 unspecified atom stereocenters. The third-order valence-electron chi connectivity index (χ3n) is 0.922. The van der Waals surface area contributed by atoms with E-state index in [0.717, 1.165) is 0 Å². The van der Waals surface area contributed by atoms with E-state index >= 15 is 0 Å². The molecule has 19 heavy (non-hydrogen) atoms. The minimum Gasteiger partial charge on any atom is -0.292 e. The van der Waals surface area contributed by atoms with E-state index in [0.29, 0.717) is 0 Å². The summed E-state index contributed by atoms with van der Waals surface area (Å²) in [5, 5.41) is 0. The molecular weight excluding hydrogens is 302 g/mol. The number of alkyl halides is 10. The SMILES string of the molecule is FCCC(F)(F)F.FCCCOC(F)(F)F.FCF. The van der Waals surface area contributed by atoms with Gasteiger partial charge >= 0.3 is 12.5 Å². The molecule has 0 heterocycles. The van der Waals surface area contributed by atoms with Crippen molar-refractivity contribution in [3.63, 3.8) is 0 Å². The summed E-state index contributed by atoms with van der Waals surface area (Å²) in [7, 11) is 0. The Morgan fingerprint density at radius 2 is 1.16 bits per heavy atom. The standard InChI is InChI=1S/C4H6F4O.C3H4F4.CH2F2/c5-2-1-3-9-4(6,7)8;4-2-1-3(5,6)7;2-1-3/h1-3H2;1-2H2;1H2. The highest BCUT2D eigenvalue weighted by molar-refractivity contribution is 4.45. The molecule has 0 aliphatic carbocycles. The van der Waals surface area contributed by atoms with Crippen LogP contribution in [0.25, 0.3) is 0 Å². The molecule has 0 aromatic rings. The van der Waals surface area contributed by atoms with Crippen molar-refractivity contribution in [2.45, 2.75) is 25.4 Å². The van der Waals surface area contributed by atoms with Crippen LogP contribution >= 0.6 is 0 Å². The Labute approximate surface area is 102 Å². The Morgan fingerprint density at radius 1 is 0.737 bits per heavy atom. The van der Waals surface area contributed by atoms with Gasteiger partial charge in [-0.25, -0.2) is 8.78 Å². The van der Waals surface area contributed by atoms with Crippen molar-refractivity contribution < 1.29 is 48.6 Å². The summed E-state index contributed by atoms with van der Waals surface area (Å²) in [5.74, 6) is 0. The lowest BCUT2D eigenvalue weighted by molar-refractivity contribution is -0.324. The molecule has 0 saturated heterocycles. The average molecular weight is 314 g/mol. The largest absolute Gasteiger partial charge is 0.522 e. The molecule has 1 nitrogen and oxygen atoms in total. The fourth-order valence-electron chi connectivity index (χ4n) is 0.350. The molecular formula is C8H12F10O. The van der Waals surface area contributed by atoms with E-state index in [4.69, 9.17) is 0 Å².